The summed E-state index contributed by atoms with van der Waals surface area (Å²) in [6, 6.07) is 12.0. The van der Waals surface area contributed by atoms with Crippen molar-refractivity contribution in [2.45, 2.75) is 89.1 Å². The Bertz CT molecular complexity index is 1110. The predicted molar refractivity (Wildman–Crippen MR) is 151 cm³/mol. The highest BCUT2D eigenvalue weighted by Gasteiger charge is 2.45. The van der Waals surface area contributed by atoms with E-state index in [0.717, 1.165) is 48.3 Å². The van der Waals surface area contributed by atoms with Crippen LogP contribution in [0.1, 0.15) is 83.5 Å². The molecule has 2 aliphatic heterocycles. The molecule has 7 heteroatoms. The monoisotopic (exact) mass is 507 g/mol. The highest BCUT2D eigenvalue weighted by Crippen LogP contribution is 2.54. The van der Waals surface area contributed by atoms with Crippen molar-refractivity contribution in [3.8, 4) is 0 Å². The Labute approximate surface area is 220 Å². The third-order valence-corrected chi connectivity index (χ3v) is 9.13. The zero-order chi connectivity index (χ0) is 25.6. The van der Waals surface area contributed by atoms with Crippen molar-refractivity contribution in [1.82, 2.24) is 9.71 Å². The van der Waals surface area contributed by atoms with Gasteiger partial charge in [-0.25, -0.2) is 4.98 Å². The number of piperidine rings is 1. The number of rotatable bonds is 6. The fraction of sp³-hybridized carbons (Fsp3) is 0.586. The number of nitrogens with zero attached hydrogens (tertiary/aromatic N) is 3. The minimum Gasteiger partial charge on any atom is -0.356 e. The molecule has 36 heavy (non-hydrogen) atoms. The summed E-state index contributed by atoms with van der Waals surface area (Å²) >= 11 is 1.58. The van der Waals surface area contributed by atoms with Gasteiger partial charge in [-0.15, -0.1) is 0 Å². The number of nitrogens with one attached hydrogen (secondary N) is 2. The van der Waals surface area contributed by atoms with E-state index in [9.17, 15) is 4.79 Å². The molecule has 194 valence electrons. The SMILES string of the molecule is CC(C)(C)NSc1cccc(NC(=O)c2ccc(N3CCCC3(C)C)nc2N2CCC3(CC2)CC3)c1. The first-order chi connectivity index (χ1) is 17.0. The summed E-state index contributed by atoms with van der Waals surface area (Å²) in [6.45, 7) is 14.0. The van der Waals surface area contributed by atoms with E-state index >= 15 is 0 Å². The van der Waals surface area contributed by atoms with E-state index in [2.05, 4.69) is 60.5 Å². The first kappa shape index (κ1) is 25.4. The second-order valence-electron chi connectivity index (χ2n) is 12.5. The van der Waals surface area contributed by atoms with Gasteiger partial charge >= 0.3 is 0 Å². The van der Waals surface area contributed by atoms with Gasteiger partial charge in [-0.2, -0.15) is 0 Å². The molecule has 2 aromatic rings. The van der Waals surface area contributed by atoms with Crippen molar-refractivity contribution in [2.75, 3.05) is 34.8 Å². The molecule has 0 unspecified atom stereocenters. The van der Waals surface area contributed by atoms with Crippen LogP contribution in [-0.2, 0) is 0 Å². The van der Waals surface area contributed by atoms with Crippen LogP contribution in [-0.4, -0.2) is 41.6 Å². The molecule has 6 nitrogen and oxygen atoms in total. The standard InChI is InChI=1S/C29H41N5OS/c1-27(2,3)32-36-22-9-6-8-21(20-22)30-26(35)23-10-11-24(34-17-7-12-28(34,4)5)31-25(23)33-18-15-29(13-14-29)16-19-33/h6,8-11,20,32H,7,12-19H2,1-5H3,(H,30,35). The van der Waals surface area contributed by atoms with Gasteiger partial charge in [0.15, 0.2) is 0 Å². The molecule has 2 saturated heterocycles. The number of carbonyl (C=O) groups is 1. The van der Waals surface area contributed by atoms with Gasteiger partial charge in [0.05, 0.1) is 5.56 Å². The Morgan fingerprint density at radius 3 is 2.39 bits per heavy atom. The summed E-state index contributed by atoms with van der Waals surface area (Å²) in [6.07, 6.45) is 7.47. The molecule has 0 atom stereocenters. The highest BCUT2D eigenvalue weighted by atomic mass is 32.2. The molecule has 1 spiro atoms. The maximum atomic E-state index is 13.6. The Hall–Kier alpha value is -2.25. The molecule has 1 amide bonds. The topological polar surface area (TPSA) is 60.5 Å². The molecule has 3 heterocycles. The van der Waals surface area contributed by atoms with Crippen molar-refractivity contribution in [1.29, 1.82) is 0 Å². The fourth-order valence-electron chi connectivity index (χ4n) is 5.46. The minimum absolute atomic E-state index is 0.00360. The Balaban J connectivity index is 1.39. The maximum absolute atomic E-state index is 13.6. The zero-order valence-corrected chi connectivity index (χ0v) is 23.3. The molecule has 1 saturated carbocycles. The summed E-state index contributed by atoms with van der Waals surface area (Å²) in [4.78, 5) is 24.6. The minimum atomic E-state index is -0.0950. The quantitative estimate of drug-likeness (QED) is 0.436. The lowest BCUT2D eigenvalue weighted by Gasteiger charge is -2.36. The van der Waals surface area contributed by atoms with Crippen LogP contribution in [0.25, 0.3) is 0 Å². The van der Waals surface area contributed by atoms with Crippen molar-refractivity contribution in [2.24, 2.45) is 5.41 Å². The van der Waals surface area contributed by atoms with Crippen LogP contribution in [0.3, 0.4) is 0 Å². The van der Waals surface area contributed by atoms with Crippen LogP contribution < -0.4 is 19.8 Å². The third-order valence-electron chi connectivity index (χ3n) is 7.93. The normalized spacial score (nSPS) is 20.6. The molecule has 2 N–H and O–H groups in total. The van der Waals surface area contributed by atoms with Crippen molar-refractivity contribution in [3.05, 3.63) is 42.0 Å². The van der Waals surface area contributed by atoms with E-state index in [1.165, 1.54) is 32.1 Å². The second-order valence-corrected chi connectivity index (χ2v) is 13.4. The van der Waals surface area contributed by atoms with Gasteiger partial charge in [0, 0.05) is 41.3 Å². The van der Waals surface area contributed by atoms with Gasteiger partial charge in [0.1, 0.15) is 11.6 Å². The summed E-state index contributed by atoms with van der Waals surface area (Å²) < 4.78 is 3.44. The lowest BCUT2D eigenvalue weighted by Crippen LogP contribution is -2.40. The predicted octanol–water partition coefficient (Wildman–Crippen LogP) is 6.49. The van der Waals surface area contributed by atoms with Crippen LogP contribution >= 0.6 is 11.9 Å². The highest BCUT2D eigenvalue weighted by molar-refractivity contribution is 7.97. The van der Waals surface area contributed by atoms with E-state index in [1.807, 2.05) is 30.3 Å². The summed E-state index contributed by atoms with van der Waals surface area (Å²) in [5, 5.41) is 3.15. The summed E-state index contributed by atoms with van der Waals surface area (Å²) in [5.41, 5.74) is 2.13. The van der Waals surface area contributed by atoms with E-state index in [-0.39, 0.29) is 17.0 Å². The number of hydrogen-bond donors (Lipinski definition) is 2. The van der Waals surface area contributed by atoms with Crippen LogP contribution in [0.2, 0.25) is 0 Å². The van der Waals surface area contributed by atoms with E-state index in [4.69, 9.17) is 4.98 Å². The van der Waals surface area contributed by atoms with Gasteiger partial charge in [-0.1, -0.05) is 6.07 Å². The summed E-state index contributed by atoms with van der Waals surface area (Å²) in [7, 11) is 0. The number of carbonyl (C=O) groups excluding carboxylic acids is 1. The fourth-order valence-corrected chi connectivity index (χ4v) is 6.21. The van der Waals surface area contributed by atoms with Gasteiger partial charge in [-0.05, 0) is 121 Å². The Morgan fingerprint density at radius 1 is 1.00 bits per heavy atom. The Morgan fingerprint density at radius 2 is 1.75 bits per heavy atom. The van der Waals surface area contributed by atoms with Gasteiger partial charge < -0.3 is 15.1 Å². The second kappa shape index (κ2) is 9.56. The lowest BCUT2D eigenvalue weighted by atomic mass is 9.93. The molecular weight excluding hydrogens is 466 g/mol. The third kappa shape index (κ3) is 5.67. The average molecular weight is 508 g/mol. The maximum Gasteiger partial charge on any atom is 0.259 e. The number of aromatic nitrogens is 1. The number of hydrogen-bond acceptors (Lipinski definition) is 6. The smallest absolute Gasteiger partial charge is 0.259 e. The number of pyridine rings is 1. The first-order valence-electron chi connectivity index (χ1n) is 13.4. The van der Waals surface area contributed by atoms with Crippen molar-refractivity contribution >= 4 is 35.2 Å². The Kier molecular flexibility index (Phi) is 6.75. The van der Waals surface area contributed by atoms with Gasteiger partial charge in [0.25, 0.3) is 5.91 Å². The average Bonchev–Trinajstić information content (AvgIpc) is 3.48. The molecule has 1 aliphatic carbocycles. The first-order valence-corrected chi connectivity index (χ1v) is 14.2. The molecule has 1 aromatic carbocycles. The number of amides is 1. The molecule has 3 aliphatic rings. The van der Waals surface area contributed by atoms with Crippen molar-refractivity contribution < 1.29 is 4.79 Å². The van der Waals surface area contributed by atoms with Crippen LogP contribution in [0.15, 0.2) is 41.3 Å². The number of benzene rings is 1. The molecule has 5 rings (SSSR count). The molecule has 3 fully saturated rings. The summed E-state index contributed by atoms with van der Waals surface area (Å²) in [5.74, 6) is 1.73. The molecule has 0 radical (unpaired) electrons. The van der Waals surface area contributed by atoms with E-state index < -0.39 is 0 Å². The molecule has 0 bridgehead atoms. The van der Waals surface area contributed by atoms with E-state index in [1.54, 1.807) is 11.9 Å². The molecular formula is C29H41N5OS. The largest absolute Gasteiger partial charge is 0.356 e. The van der Waals surface area contributed by atoms with Crippen LogP contribution in [0.5, 0.6) is 0 Å². The zero-order valence-electron chi connectivity index (χ0n) is 22.5. The van der Waals surface area contributed by atoms with Crippen molar-refractivity contribution in [3.63, 3.8) is 0 Å². The van der Waals surface area contributed by atoms with Crippen LogP contribution in [0.4, 0.5) is 17.3 Å². The lowest BCUT2D eigenvalue weighted by molar-refractivity contribution is 0.102. The van der Waals surface area contributed by atoms with Gasteiger partial charge in [-0.3, -0.25) is 9.52 Å². The van der Waals surface area contributed by atoms with Gasteiger partial charge in [0.2, 0.25) is 0 Å². The number of anilines is 3. The van der Waals surface area contributed by atoms with E-state index in [0.29, 0.717) is 11.0 Å². The van der Waals surface area contributed by atoms with Crippen LogP contribution in [0, 0.1) is 5.41 Å². The molecule has 1 aromatic heterocycles.